The number of piperazine rings is 1. The predicted octanol–water partition coefficient (Wildman–Crippen LogP) is 9.64. The van der Waals surface area contributed by atoms with Crippen LogP contribution in [0.3, 0.4) is 0 Å². The van der Waals surface area contributed by atoms with E-state index in [0.29, 0.717) is 29.5 Å². The van der Waals surface area contributed by atoms with Gasteiger partial charge in [-0.3, -0.25) is 4.90 Å². The molecular formula is C42H54N4O4S. The molecule has 0 saturated carbocycles. The molecule has 1 N–H and O–H groups in total. The van der Waals surface area contributed by atoms with Crippen molar-refractivity contribution in [2.24, 2.45) is 5.92 Å². The third-order valence-corrected chi connectivity index (χ3v) is 12.1. The van der Waals surface area contributed by atoms with Gasteiger partial charge in [0.15, 0.2) is 6.10 Å². The molecule has 5 heterocycles. The van der Waals surface area contributed by atoms with Crippen LogP contribution in [-0.4, -0.2) is 69.9 Å². The van der Waals surface area contributed by atoms with Crippen molar-refractivity contribution in [3.05, 3.63) is 59.2 Å². The second kappa shape index (κ2) is 14.5. The van der Waals surface area contributed by atoms with Crippen molar-refractivity contribution in [3.8, 4) is 27.6 Å². The summed E-state index contributed by atoms with van der Waals surface area (Å²) in [5.41, 5.74) is 5.62. The average molecular weight is 711 g/mol. The third-order valence-electron chi connectivity index (χ3n) is 11.0. The number of benzene rings is 2. The quantitative estimate of drug-likeness (QED) is 0.224. The molecule has 272 valence electrons. The van der Waals surface area contributed by atoms with Gasteiger partial charge in [0.25, 0.3) is 0 Å². The van der Waals surface area contributed by atoms with E-state index in [4.69, 9.17) is 19.4 Å². The first-order chi connectivity index (χ1) is 24.4. The molecule has 1 fully saturated rings. The molecule has 3 aliphatic rings. The molecule has 7 rings (SSSR count). The van der Waals surface area contributed by atoms with Crippen molar-refractivity contribution in [3.63, 3.8) is 0 Å². The van der Waals surface area contributed by atoms with Crippen molar-refractivity contribution in [2.75, 3.05) is 31.1 Å². The van der Waals surface area contributed by atoms with E-state index in [9.17, 15) is 9.90 Å². The number of hydrogen-bond donors (Lipinski definition) is 1. The number of ether oxygens (including phenoxy) is 2. The summed E-state index contributed by atoms with van der Waals surface area (Å²) in [6.45, 7) is 18.5. The van der Waals surface area contributed by atoms with Crippen LogP contribution in [0.15, 0.2) is 42.5 Å². The number of aromatic nitrogens is 2. The Labute approximate surface area is 307 Å². The summed E-state index contributed by atoms with van der Waals surface area (Å²) >= 11 is 1.59. The van der Waals surface area contributed by atoms with E-state index in [2.05, 4.69) is 60.9 Å². The van der Waals surface area contributed by atoms with Gasteiger partial charge in [0.05, 0.1) is 22.4 Å². The Balaban J connectivity index is 1.41. The van der Waals surface area contributed by atoms with E-state index in [0.717, 1.165) is 88.3 Å². The lowest BCUT2D eigenvalue weighted by Gasteiger charge is -2.45. The topological polar surface area (TPSA) is 88.0 Å². The van der Waals surface area contributed by atoms with E-state index >= 15 is 0 Å². The predicted molar refractivity (Wildman–Crippen MR) is 207 cm³/mol. The second-order valence-corrected chi connectivity index (χ2v) is 17.3. The number of thiazole rings is 1. The molecule has 8 bridgehead atoms. The third kappa shape index (κ3) is 7.53. The highest BCUT2D eigenvalue weighted by atomic mass is 32.1. The van der Waals surface area contributed by atoms with Crippen LogP contribution < -0.4 is 9.64 Å². The van der Waals surface area contributed by atoms with Gasteiger partial charge in [-0.15, -0.1) is 11.3 Å². The van der Waals surface area contributed by atoms with E-state index in [1.807, 2.05) is 39.8 Å². The molecule has 51 heavy (non-hydrogen) atoms. The Morgan fingerprint density at radius 2 is 1.86 bits per heavy atom. The monoisotopic (exact) mass is 710 g/mol. The molecular weight excluding hydrogens is 657 g/mol. The number of rotatable bonds is 4. The number of aryl methyl sites for hydroxylation is 1. The molecule has 2 aromatic carbocycles. The van der Waals surface area contributed by atoms with E-state index in [1.165, 1.54) is 31.2 Å². The molecule has 4 atom stereocenters. The van der Waals surface area contributed by atoms with Gasteiger partial charge in [-0.2, -0.15) is 0 Å². The van der Waals surface area contributed by atoms with Gasteiger partial charge in [-0.1, -0.05) is 38.3 Å². The summed E-state index contributed by atoms with van der Waals surface area (Å²) in [6, 6.07) is 15.7. The maximum Gasteiger partial charge on any atom is 0.337 e. The number of aliphatic carboxylic acids is 1. The minimum atomic E-state index is -1.15. The lowest BCUT2D eigenvalue weighted by atomic mass is 9.84. The highest BCUT2D eigenvalue weighted by molar-refractivity contribution is 7.22. The van der Waals surface area contributed by atoms with Crippen LogP contribution >= 0.6 is 11.3 Å². The molecule has 8 nitrogen and oxygen atoms in total. The van der Waals surface area contributed by atoms with Gasteiger partial charge >= 0.3 is 5.97 Å². The molecule has 1 saturated heterocycles. The van der Waals surface area contributed by atoms with Gasteiger partial charge in [-0.25, -0.2) is 14.8 Å². The number of carbonyl (C=O) groups is 1. The zero-order chi connectivity index (χ0) is 36.0. The molecule has 3 aliphatic heterocycles. The smallest absolute Gasteiger partial charge is 0.337 e. The standard InChI is InChI=1S/C42H54N4O4S/c1-25(2)46-19-18-45-24-30(46)21-26(3)11-8-9-12-28-17-20-49-34-16-15-29(23-31(28)34)37-36(38(41(47)48)50-42(5,6)7)27(4)22-33-39(37)51-40(44-33)32-13-10-14-35(45)43-32/h10,13-16,22-23,25-26,28,30,38H,8-9,11-12,17-21,24H2,1-7H3,(H,47,48). The molecule has 4 aromatic rings. The largest absolute Gasteiger partial charge is 0.493 e. The van der Waals surface area contributed by atoms with Crippen LogP contribution in [0.5, 0.6) is 5.75 Å². The summed E-state index contributed by atoms with van der Waals surface area (Å²) < 4.78 is 13.5. The van der Waals surface area contributed by atoms with E-state index < -0.39 is 17.7 Å². The van der Waals surface area contributed by atoms with Crippen molar-refractivity contribution in [1.82, 2.24) is 14.9 Å². The number of fused-ring (bicyclic) bond motifs is 9. The first-order valence-corrected chi connectivity index (χ1v) is 19.8. The number of hydrogen-bond acceptors (Lipinski definition) is 8. The van der Waals surface area contributed by atoms with E-state index in [-0.39, 0.29) is 0 Å². The van der Waals surface area contributed by atoms with Gasteiger partial charge < -0.3 is 19.5 Å². The van der Waals surface area contributed by atoms with Gasteiger partial charge in [0.2, 0.25) is 0 Å². The van der Waals surface area contributed by atoms with Gasteiger partial charge in [0.1, 0.15) is 22.3 Å². The molecule has 0 amide bonds. The van der Waals surface area contributed by atoms with Crippen LogP contribution in [0.25, 0.3) is 32.0 Å². The Morgan fingerprint density at radius 1 is 1.06 bits per heavy atom. The molecule has 0 aliphatic carbocycles. The summed E-state index contributed by atoms with van der Waals surface area (Å²) in [5.74, 6) is 1.97. The van der Waals surface area contributed by atoms with Crippen molar-refractivity contribution < 1.29 is 19.4 Å². The minimum absolute atomic E-state index is 0.395. The summed E-state index contributed by atoms with van der Waals surface area (Å²) in [5, 5.41) is 11.5. The Kier molecular flexibility index (Phi) is 10.2. The fourth-order valence-corrected chi connectivity index (χ4v) is 9.70. The minimum Gasteiger partial charge on any atom is -0.493 e. The highest BCUT2D eigenvalue weighted by Crippen LogP contribution is 2.47. The van der Waals surface area contributed by atoms with Crippen LogP contribution in [0.4, 0.5) is 5.82 Å². The fourth-order valence-electron chi connectivity index (χ4n) is 8.60. The van der Waals surface area contributed by atoms with Crippen molar-refractivity contribution >= 4 is 33.3 Å². The first kappa shape index (κ1) is 35.9. The van der Waals surface area contributed by atoms with Crippen molar-refractivity contribution in [1.29, 1.82) is 0 Å². The zero-order valence-electron chi connectivity index (χ0n) is 31.4. The Hall–Kier alpha value is -3.53. The second-order valence-electron chi connectivity index (χ2n) is 16.3. The maximum atomic E-state index is 13.0. The normalized spacial score (nSPS) is 22.2. The summed E-state index contributed by atoms with van der Waals surface area (Å²) in [6.07, 6.45) is 5.77. The SMILES string of the molecule is Cc1cc2nc3sc2c(c1C(OC(C)(C)C)C(=O)O)-c1ccc2c(c1)C(CCCCC(C)CC1CN(CCN1C(C)C)c1cccc-3n1)CCO2. The lowest BCUT2D eigenvalue weighted by Crippen LogP contribution is -2.56. The van der Waals surface area contributed by atoms with E-state index in [1.54, 1.807) is 11.3 Å². The highest BCUT2D eigenvalue weighted by Gasteiger charge is 2.34. The van der Waals surface area contributed by atoms with Gasteiger partial charge in [-0.05, 0) is 120 Å². The average Bonchev–Trinajstić information content (AvgIpc) is 3.51. The lowest BCUT2D eigenvalue weighted by molar-refractivity contribution is -0.160. The Bertz CT molecular complexity index is 1900. The maximum absolute atomic E-state index is 13.0. The molecule has 4 unspecified atom stereocenters. The molecule has 0 radical (unpaired) electrons. The zero-order valence-corrected chi connectivity index (χ0v) is 32.2. The molecule has 0 spiro atoms. The van der Waals surface area contributed by atoms with Crippen LogP contribution in [0, 0.1) is 12.8 Å². The van der Waals surface area contributed by atoms with Crippen LogP contribution in [0.2, 0.25) is 0 Å². The fraction of sp³-hybridized carbons (Fsp3) is 0.548. The Morgan fingerprint density at radius 3 is 2.63 bits per heavy atom. The molecule has 2 aromatic heterocycles. The van der Waals surface area contributed by atoms with Crippen LogP contribution in [-0.2, 0) is 9.53 Å². The molecule has 9 heteroatoms. The first-order valence-electron chi connectivity index (χ1n) is 19.0. The summed E-state index contributed by atoms with van der Waals surface area (Å²) in [7, 11) is 0. The van der Waals surface area contributed by atoms with Crippen molar-refractivity contribution in [2.45, 2.75) is 117 Å². The van der Waals surface area contributed by atoms with Crippen LogP contribution in [0.1, 0.15) is 109 Å². The number of anilines is 1. The summed E-state index contributed by atoms with van der Waals surface area (Å²) in [4.78, 5) is 28.6. The van der Waals surface area contributed by atoms with Gasteiger partial charge in [0, 0.05) is 42.8 Å². The number of carboxylic acid groups (broad SMARTS) is 1. The number of nitrogens with zero attached hydrogens (tertiary/aromatic N) is 4. The number of carboxylic acids is 1. The number of pyridine rings is 1.